The second-order valence-electron chi connectivity index (χ2n) is 6.75. The second-order valence-corrected chi connectivity index (χ2v) is 6.75. The van der Waals surface area contributed by atoms with Crippen molar-refractivity contribution in [3.05, 3.63) is 56.7 Å². The molecule has 0 spiro atoms. The maximum absolute atomic E-state index is 12.6. The van der Waals surface area contributed by atoms with Gasteiger partial charge in [0.15, 0.2) is 0 Å². The van der Waals surface area contributed by atoms with E-state index in [9.17, 15) is 14.9 Å². The van der Waals surface area contributed by atoms with Crippen LogP contribution in [-0.4, -0.2) is 21.2 Å². The molecular formula is C20H21ClN4O3. The van der Waals surface area contributed by atoms with Gasteiger partial charge in [-0.15, -0.1) is 12.4 Å². The second kappa shape index (κ2) is 8.28. The summed E-state index contributed by atoms with van der Waals surface area (Å²) in [5, 5.41) is 9.83. The van der Waals surface area contributed by atoms with E-state index in [0.29, 0.717) is 29.2 Å². The summed E-state index contributed by atoms with van der Waals surface area (Å²) in [5.41, 5.74) is 0.830. The lowest BCUT2D eigenvalue weighted by atomic mass is 10.1. The third-order valence-electron chi connectivity index (χ3n) is 4.34. The highest BCUT2D eigenvalue weighted by molar-refractivity contribution is 5.85. The number of hydrogen-bond acceptors (Lipinski definition) is 5. The van der Waals surface area contributed by atoms with Gasteiger partial charge >= 0.3 is 5.69 Å². The Morgan fingerprint density at radius 3 is 2.39 bits per heavy atom. The van der Waals surface area contributed by atoms with Crippen LogP contribution in [0.4, 0.5) is 0 Å². The maximum atomic E-state index is 12.6. The highest BCUT2D eigenvalue weighted by Crippen LogP contribution is 2.26. The Morgan fingerprint density at radius 2 is 1.86 bits per heavy atom. The molecule has 0 aliphatic heterocycles. The lowest BCUT2D eigenvalue weighted by Crippen LogP contribution is -2.39. The number of fused-ring (bicyclic) bond motifs is 1. The summed E-state index contributed by atoms with van der Waals surface area (Å²) in [7, 11) is 3.01. The van der Waals surface area contributed by atoms with Gasteiger partial charge in [0.05, 0.1) is 23.8 Å². The van der Waals surface area contributed by atoms with Crippen molar-refractivity contribution < 1.29 is 4.74 Å². The van der Waals surface area contributed by atoms with E-state index < -0.39 is 11.2 Å². The summed E-state index contributed by atoms with van der Waals surface area (Å²) in [5.74, 6) is 0.869. The predicted molar refractivity (Wildman–Crippen MR) is 110 cm³/mol. The van der Waals surface area contributed by atoms with E-state index in [1.54, 1.807) is 31.4 Å². The Bertz CT molecular complexity index is 1170. The number of methoxy groups -OCH3 is 1. The van der Waals surface area contributed by atoms with Gasteiger partial charge in [-0.3, -0.25) is 13.9 Å². The first kappa shape index (κ1) is 21.2. The zero-order chi connectivity index (χ0) is 19.7. The number of nitrogens with zero attached hydrogens (tertiary/aromatic N) is 4. The standard InChI is InChI=1S/C20H20N4O3.ClH/c1-12(2)11-24-18-16(19(25)23(3)20(24)26)9-14(10-21)17(22-18)13-5-7-15(27-4)8-6-13;/h5-9,12H,11H2,1-4H3;1H. The minimum absolute atomic E-state index is 0. The van der Waals surface area contributed by atoms with E-state index in [2.05, 4.69) is 11.1 Å². The van der Waals surface area contributed by atoms with E-state index in [-0.39, 0.29) is 29.3 Å². The van der Waals surface area contributed by atoms with Crippen molar-refractivity contribution >= 4 is 23.4 Å². The molecular weight excluding hydrogens is 380 g/mol. The minimum Gasteiger partial charge on any atom is -0.497 e. The highest BCUT2D eigenvalue weighted by atomic mass is 35.5. The number of benzene rings is 1. The van der Waals surface area contributed by atoms with Crippen LogP contribution in [0.2, 0.25) is 0 Å². The molecule has 0 radical (unpaired) electrons. The average Bonchev–Trinajstić information content (AvgIpc) is 2.68. The van der Waals surface area contributed by atoms with E-state index in [4.69, 9.17) is 4.74 Å². The average molecular weight is 401 g/mol. The Balaban J connectivity index is 0.00000280. The summed E-state index contributed by atoms with van der Waals surface area (Å²) in [6.07, 6.45) is 0. The van der Waals surface area contributed by atoms with Gasteiger partial charge in [-0.2, -0.15) is 5.26 Å². The molecule has 2 heterocycles. The van der Waals surface area contributed by atoms with Crippen LogP contribution in [0.3, 0.4) is 0 Å². The number of ether oxygens (including phenoxy) is 1. The zero-order valence-electron chi connectivity index (χ0n) is 16.1. The molecule has 0 saturated carbocycles. The molecule has 8 heteroatoms. The van der Waals surface area contributed by atoms with Crippen molar-refractivity contribution in [1.29, 1.82) is 5.26 Å². The first-order valence-corrected chi connectivity index (χ1v) is 8.56. The van der Waals surface area contributed by atoms with Gasteiger partial charge < -0.3 is 4.74 Å². The van der Waals surface area contributed by atoms with Crippen LogP contribution < -0.4 is 16.0 Å². The fraction of sp³-hybridized carbons (Fsp3) is 0.300. The number of aromatic nitrogens is 3. The van der Waals surface area contributed by atoms with Crippen molar-refractivity contribution in [3.63, 3.8) is 0 Å². The Labute approximate surface area is 168 Å². The van der Waals surface area contributed by atoms with Crippen LogP contribution in [0.25, 0.3) is 22.3 Å². The van der Waals surface area contributed by atoms with Crippen LogP contribution in [0.15, 0.2) is 39.9 Å². The van der Waals surface area contributed by atoms with Gasteiger partial charge in [0.1, 0.15) is 17.5 Å². The molecule has 3 rings (SSSR count). The number of rotatable bonds is 4. The molecule has 0 unspecified atom stereocenters. The van der Waals surface area contributed by atoms with E-state index in [1.165, 1.54) is 17.7 Å². The summed E-state index contributed by atoms with van der Waals surface area (Å²) < 4.78 is 7.72. The molecule has 0 bridgehead atoms. The van der Waals surface area contributed by atoms with E-state index >= 15 is 0 Å². The molecule has 0 fully saturated rings. The Hall–Kier alpha value is -3.11. The molecule has 1 aromatic carbocycles. The highest BCUT2D eigenvalue weighted by Gasteiger charge is 2.17. The first-order chi connectivity index (χ1) is 12.9. The van der Waals surface area contributed by atoms with Gasteiger partial charge in [-0.25, -0.2) is 9.78 Å². The van der Waals surface area contributed by atoms with Crippen LogP contribution in [0, 0.1) is 17.2 Å². The third kappa shape index (κ3) is 3.64. The van der Waals surface area contributed by atoms with Gasteiger partial charge in [0.2, 0.25) is 0 Å². The zero-order valence-corrected chi connectivity index (χ0v) is 16.9. The van der Waals surface area contributed by atoms with Crippen LogP contribution in [-0.2, 0) is 13.6 Å². The SMILES string of the molecule is COc1ccc(-c2nc3c(cc2C#N)c(=O)n(C)c(=O)n3CC(C)C)cc1.Cl. The molecule has 0 aliphatic rings. The quantitative estimate of drug-likeness (QED) is 0.671. The van der Waals surface area contributed by atoms with Crippen LogP contribution >= 0.6 is 12.4 Å². The smallest absolute Gasteiger partial charge is 0.332 e. The maximum Gasteiger partial charge on any atom is 0.332 e. The lowest BCUT2D eigenvalue weighted by molar-refractivity contribution is 0.415. The first-order valence-electron chi connectivity index (χ1n) is 8.56. The molecule has 0 N–H and O–H groups in total. The largest absolute Gasteiger partial charge is 0.497 e. The molecule has 7 nitrogen and oxygen atoms in total. The molecule has 2 aromatic heterocycles. The number of halogens is 1. The number of hydrogen-bond donors (Lipinski definition) is 0. The normalized spacial score (nSPS) is 10.6. The number of nitriles is 1. The van der Waals surface area contributed by atoms with Crippen LogP contribution in [0.5, 0.6) is 5.75 Å². The molecule has 3 aromatic rings. The van der Waals surface area contributed by atoms with Gasteiger partial charge in [0.25, 0.3) is 5.56 Å². The summed E-state index contributed by atoms with van der Waals surface area (Å²) in [4.78, 5) is 29.8. The molecule has 0 saturated heterocycles. The summed E-state index contributed by atoms with van der Waals surface area (Å²) in [6.45, 7) is 4.39. The molecule has 0 aliphatic carbocycles. The van der Waals surface area contributed by atoms with Crippen molar-refractivity contribution in [2.45, 2.75) is 20.4 Å². The minimum atomic E-state index is -0.458. The van der Waals surface area contributed by atoms with Crippen LogP contribution in [0.1, 0.15) is 19.4 Å². The topological polar surface area (TPSA) is 89.9 Å². The van der Waals surface area contributed by atoms with E-state index in [1.807, 2.05) is 13.8 Å². The van der Waals surface area contributed by atoms with Gasteiger partial charge in [0, 0.05) is 19.2 Å². The lowest BCUT2D eigenvalue weighted by Gasteiger charge is -2.15. The fourth-order valence-electron chi connectivity index (χ4n) is 2.99. The molecule has 0 atom stereocenters. The van der Waals surface area contributed by atoms with Gasteiger partial charge in [-0.05, 0) is 36.2 Å². The Morgan fingerprint density at radius 1 is 1.21 bits per heavy atom. The molecule has 0 amide bonds. The van der Waals surface area contributed by atoms with Gasteiger partial charge in [-0.1, -0.05) is 13.8 Å². The summed E-state index contributed by atoms with van der Waals surface area (Å²) in [6, 6.07) is 10.7. The summed E-state index contributed by atoms with van der Waals surface area (Å²) >= 11 is 0. The van der Waals surface area contributed by atoms with E-state index in [0.717, 1.165) is 4.57 Å². The van der Waals surface area contributed by atoms with Crippen molar-refractivity contribution in [2.75, 3.05) is 7.11 Å². The monoisotopic (exact) mass is 400 g/mol. The molecule has 28 heavy (non-hydrogen) atoms. The predicted octanol–water partition coefficient (Wildman–Crippen LogP) is 2.72. The molecule has 146 valence electrons. The van der Waals surface area contributed by atoms with Crippen molar-refractivity contribution in [1.82, 2.24) is 14.1 Å². The third-order valence-corrected chi connectivity index (χ3v) is 4.34. The Kier molecular flexibility index (Phi) is 6.26. The fourth-order valence-corrected chi connectivity index (χ4v) is 2.99. The van der Waals surface area contributed by atoms with Crippen molar-refractivity contribution in [2.24, 2.45) is 13.0 Å². The number of pyridine rings is 1. The van der Waals surface area contributed by atoms with Crippen molar-refractivity contribution in [3.8, 4) is 23.1 Å².